The average Bonchev–Trinajstić information content (AvgIpc) is 3.34. The topological polar surface area (TPSA) is 228 Å². The molecule has 2 heterocycles. The standard InChI is InChI=1S/C54H95NO13/c1-3-5-7-9-11-13-15-17-19-21-23-25-27-29-31-33-35-37-43(58)42(55-46(59)38-36-34-32-30-28-26-24-22-20-18-16-14-12-10-8-6-4-2)41-65-53-51(64)49(62)52(45(40-57)67-53)68-54-50(63)48(61)47(60)44(39-56)66-54/h6,8,12,14,18,20,27,29,35,37,42-45,47-54,56-58,60-64H,3-5,7,9-11,13,15-17,19,21-26,28,30-34,36,38-41H2,1-2H3,(H,55,59)/b8-6-,14-12-,20-18-,29-27+,37-35+. The first-order valence-corrected chi connectivity index (χ1v) is 26.5. The summed E-state index contributed by atoms with van der Waals surface area (Å²) in [6.45, 7) is 2.64. The van der Waals surface area contributed by atoms with Crippen LogP contribution in [0, 0.1) is 0 Å². The molecule has 2 aliphatic heterocycles. The number of hydrogen-bond acceptors (Lipinski definition) is 13. The molecule has 14 nitrogen and oxygen atoms in total. The van der Waals surface area contributed by atoms with E-state index in [-0.39, 0.29) is 18.9 Å². The Labute approximate surface area is 409 Å². The molecule has 12 unspecified atom stereocenters. The van der Waals surface area contributed by atoms with Crippen molar-refractivity contribution in [3.63, 3.8) is 0 Å². The number of nitrogens with one attached hydrogen (secondary N) is 1. The monoisotopic (exact) mass is 966 g/mol. The highest BCUT2D eigenvalue weighted by atomic mass is 16.7. The number of allylic oxidation sites excluding steroid dienone is 9. The number of rotatable bonds is 40. The van der Waals surface area contributed by atoms with Crippen molar-refractivity contribution >= 4 is 5.91 Å². The minimum absolute atomic E-state index is 0.260. The third-order valence-corrected chi connectivity index (χ3v) is 12.7. The van der Waals surface area contributed by atoms with Crippen LogP contribution in [0.15, 0.2) is 60.8 Å². The summed E-state index contributed by atoms with van der Waals surface area (Å²) in [5.41, 5.74) is 0. The first kappa shape index (κ1) is 61.8. The Morgan fingerprint density at radius 3 is 1.62 bits per heavy atom. The van der Waals surface area contributed by atoms with Crippen LogP contribution in [0.25, 0.3) is 0 Å². The number of unbranched alkanes of at least 4 members (excludes halogenated alkanes) is 19. The van der Waals surface area contributed by atoms with Gasteiger partial charge in [-0.3, -0.25) is 4.79 Å². The van der Waals surface area contributed by atoms with Crippen LogP contribution in [-0.4, -0.2) is 140 Å². The second-order valence-corrected chi connectivity index (χ2v) is 18.6. The molecule has 2 rings (SSSR count). The lowest BCUT2D eigenvalue weighted by Crippen LogP contribution is -2.65. The maximum absolute atomic E-state index is 13.2. The Morgan fingerprint density at radius 1 is 0.544 bits per heavy atom. The lowest BCUT2D eigenvalue weighted by molar-refractivity contribution is -0.359. The van der Waals surface area contributed by atoms with E-state index >= 15 is 0 Å². The van der Waals surface area contributed by atoms with Gasteiger partial charge in [-0.15, -0.1) is 0 Å². The van der Waals surface area contributed by atoms with Gasteiger partial charge in [-0.2, -0.15) is 0 Å². The van der Waals surface area contributed by atoms with Gasteiger partial charge >= 0.3 is 0 Å². The number of aliphatic hydroxyl groups is 8. The Morgan fingerprint density at radius 2 is 1.03 bits per heavy atom. The molecule has 0 aromatic heterocycles. The normalized spacial score (nSPS) is 26.9. The van der Waals surface area contributed by atoms with Gasteiger partial charge in [-0.05, 0) is 64.2 Å². The van der Waals surface area contributed by atoms with Crippen molar-refractivity contribution in [3.05, 3.63) is 60.8 Å². The number of aliphatic hydroxyl groups excluding tert-OH is 8. The van der Waals surface area contributed by atoms with Gasteiger partial charge in [0, 0.05) is 6.42 Å². The fourth-order valence-electron chi connectivity index (χ4n) is 8.38. The zero-order chi connectivity index (χ0) is 49.6. The fraction of sp³-hybridized carbons (Fsp3) is 0.796. The van der Waals surface area contributed by atoms with Gasteiger partial charge in [0.15, 0.2) is 12.6 Å². The molecule has 0 radical (unpaired) electrons. The van der Waals surface area contributed by atoms with E-state index in [2.05, 4.69) is 67.8 Å². The predicted octanol–water partition coefficient (Wildman–Crippen LogP) is 7.44. The molecule has 1 amide bonds. The first-order valence-electron chi connectivity index (χ1n) is 26.5. The van der Waals surface area contributed by atoms with E-state index in [1.165, 1.54) is 77.0 Å². The van der Waals surface area contributed by atoms with E-state index in [4.69, 9.17) is 18.9 Å². The summed E-state index contributed by atoms with van der Waals surface area (Å²) in [5.74, 6) is -0.262. The van der Waals surface area contributed by atoms with Gasteiger partial charge in [0.25, 0.3) is 0 Å². The summed E-state index contributed by atoms with van der Waals surface area (Å²) in [6.07, 6.45) is 32.5. The highest BCUT2D eigenvalue weighted by molar-refractivity contribution is 5.76. The summed E-state index contributed by atoms with van der Waals surface area (Å²) in [4.78, 5) is 13.2. The van der Waals surface area contributed by atoms with Gasteiger partial charge in [-0.1, -0.05) is 171 Å². The third-order valence-electron chi connectivity index (χ3n) is 12.7. The summed E-state index contributed by atoms with van der Waals surface area (Å²) >= 11 is 0. The van der Waals surface area contributed by atoms with E-state index in [0.29, 0.717) is 12.8 Å². The molecular formula is C54H95NO13. The van der Waals surface area contributed by atoms with E-state index in [1.807, 2.05) is 6.08 Å². The van der Waals surface area contributed by atoms with Crippen LogP contribution in [0.3, 0.4) is 0 Å². The predicted molar refractivity (Wildman–Crippen MR) is 267 cm³/mol. The zero-order valence-corrected chi connectivity index (χ0v) is 41.8. The number of amides is 1. The summed E-state index contributed by atoms with van der Waals surface area (Å²) < 4.78 is 22.7. The van der Waals surface area contributed by atoms with Crippen LogP contribution >= 0.6 is 0 Å². The lowest BCUT2D eigenvalue weighted by Gasteiger charge is -2.46. The highest BCUT2D eigenvalue weighted by Crippen LogP contribution is 2.30. The van der Waals surface area contributed by atoms with E-state index < -0.39 is 86.8 Å². The Hall–Kier alpha value is -2.31. The maximum atomic E-state index is 13.2. The fourth-order valence-corrected chi connectivity index (χ4v) is 8.38. The number of ether oxygens (including phenoxy) is 4. The van der Waals surface area contributed by atoms with Crippen LogP contribution in [0.1, 0.15) is 181 Å². The minimum atomic E-state index is -1.79. The lowest BCUT2D eigenvalue weighted by atomic mass is 9.97. The number of carbonyl (C=O) groups is 1. The van der Waals surface area contributed by atoms with Crippen LogP contribution < -0.4 is 5.32 Å². The molecule has 0 aromatic rings. The summed E-state index contributed by atoms with van der Waals surface area (Å²) in [7, 11) is 0. The molecule has 0 spiro atoms. The quantitative estimate of drug-likeness (QED) is 0.0215. The van der Waals surface area contributed by atoms with Crippen molar-refractivity contribution in [2.45, 2.75) is 254 Å². The molecule has 0 saturated carbocycles. The average molecular weight is 966 g/mol. The molecule has 0 aliphatic carbocycles. The molecule has 2 saturated heterocycles. The van der Waals surface area contributed by atoms with Crippen LogP contribution in [-0.2, 0) is 23.7 Å². The molecule has 0 bridgehead atoms. The van der Waals surface area contributed by atoms with Crippen molar-refractivity contribution in [1.29, 1.82) is 0 Å². The second-order valence-electron chi connectivity index (χ2n) is 18.6. The molecule has 68 heavy (non-hydrogen) atoms. The number of hydrogen-bond donors (Lipinski definition) is 9. The van der Waals surface area contributed by atoms with Crippen LogP contribution in [0.2, 0.25) is 0 Å². The largest absolute Gasteiger partial charge is 0.394 e. The molecule has 12 atom stereocenters. The van der Waals surface area contributed by atoms with E-state index in [0.717, 1.165) is 70.6 Å². The maximum Gasteiger partial charge on any atom is 0.220 e. The Balaban J connectivity index is 1.86. The molecule has 2 aliphatic rings. The number of carbonyl (C=O) groups excluding carboxylic acids is 1. The highest BCUT2D eigenvalue weighted by Gasteiger charge is 2.51. The Kier molecular flexibility index (Phi) is 36.6. The van der Waals surface area contributed by atoms with Gasteiger partial charge in [-0.25, -0.2) is 0 Å². The molecule has 14 heteroatoms. The first-order chi connectivity index (χ1) is 33.1. The molecular weight excluding hydrogens is 871 g/mol. The van der Waals surface area contributed by atoms with Crippen molar-refractivity contribution in [1.82, 2.24) is 5.32 Å². The van der Waals surface area contributed by atoms with Crippen molar-refractivity contribution < 1.29 is 64.6 Å². The van der Waals surface area contributed by atoms with Crippen LogP contribution in [0.5, 0.6) is 0 Å². The van der Waals surface area contributed by atoms with Gasteiger partial charge in [0.1, 0.15) is 48.8 Å². The Bertz CT molecular complexity index is 1370. The second kappa shape index (κ2) is 40.3. The third kappa shape index (κ3) is 26.8. The van der Waals surface area contributed by atoms with Crippen molar-refractivity contribution in [2.75, 3.05) is 19.8 Å². The molecule has 2 fully saturated rings. The SMILES string of the molecule is CC/C=C\C/C=C\C/C=C\CCCCCCCCCC(=O)NC(COC1OC(CO)C(OC2OC(CO)C(O)C(O)C2O)C(O)C1O)C(O)/C=C/CC/C=C/CCCCCCCCCCCCC. The molecule has 0 aromatic carbocycles. The summed E-state index contributed by atoms with van der Waals surface area (Å²) in [6, 6.07) is -0.938. The summed E-state index contributed by atoms with van der Waals surface area (Å²) in [5, 5.41) is 86.8. The van der Waals surface area contributed by atoms with Gasteiger partial charge in [0.05, 0.1) is 32.0 Å². The van der Waals surface area contributed by atoms with E-state index in [1.54, 1.807) is 6.08 Å². The van der Waals surface area contributed by atoms with Crippen molar-refractivity contribution in [3.8, 4) is 0 Å². The van der Waals surface area contributed by atoms with Crippen LogP contribution in [0.4, 0.5) is 0 Å². The van der Waals surface area contributed by atoms with E-state index in [9.17, 15) is 45.6 Å². The molecule has 9 N–H and O–H groups in total. The molecule has 394 valence electrons. The van der Waals surface area contributed by atoms with Crippen molar-refractivity contribution in [2.24, 2.45) is 0 Å². The van der Waals surface area contributed by atoms with Gasteiger partial charge in [0.2, 0.25) is 5.91 Å². The smallest absolute Gasteiger partial charge is 0.220 e. The minimum Gasteiger partial charge on any atom is -0.394 e. The van der Waals surface area contributed by atoms with Gasteiger partial charge < -0.3 is 65.1 Å². The zero-order valence-electron chi connectivity index (χ0n) is 41.8.